The number of anilines is 1. The van der Waals surface area contributed by atoms with Crippen LogP contribution in [0.25, 0.3) is 5.78 Å². The molecule has 0 bridgehead atoms. The van der Waals surface area contributed by atoms with Gasteiger partial charge in [-0.1, -0.05) is 12.1 Å². The van der Waals surface area contributed by atoms with E-state index in [0.29, 0.717) is 23.8 Å². The van der Waals surface area contributed by atoms with Crippen molar-refractivity contribution < 1.29 is 0 Å². The Balaban J connectivity index is 1.87. The van der Waals surface area contributed by atoms with Gasteiger partial charge in [0.15, 0.2) is 0 Å². The number of hydrogen-bond acceptors (Lipinski definition) is 4. The van der Waals surface area contributed by atoms with Gasteiger partial charge in [-0.05, 0) is 38.0 Å². The molecule has 0 spiro atoms. The van der Waals surface area contributed by atoms with Crippen molar-refractivity contribution in [1.82, 2.24) is 19.6 Å². The van der Waals surface area contributed by atoms with E-state index in [1.165, 1.54) is 21.7 Å². The molecule has 6 nitrogen and oxygen atoms in total. The molecule has 6 heteroatoms. The third-order valence-corrected chi connectivity index (χ3v) is 3.56. The summed E-state index contributed by atoms with van der Waals surface area (Å²) in [6.45, 7) is 6.44. The molecule has 3 rings (SSSR count). The van der Waals surface area contributed by atoms with E-state index in [0.717, 1.165) is 5.69 Å². The molecule has 3 aromatic rings. The van der Waals surface area contributed by atoms with Crippen molar-refractivity contribution in [2.24, 2.45) is 0 Å². The van der Waals surface area contributed by atoms with Gasteiger partial charge >= 0.3 is 0 Å². The van der Waals surface area contributed by atoms with Crippen LogP contribution in [0.4, 0.5) is 5.69 Å². The summed E-state index contributed by atoms with van der Waals surface area (Å²) in [5, 5.41) is 6.29. The molecule has 2 aromatic heterocycles. The molecule has 0 atom stereocenters. The van der Waals surface area contributed by atoms with Crippen molar-refractivity contribution in [3.8, 4) is 0 Å². The van der Waals surface area contributed by atoms with E-state index in [1.54, 1.807) is 6.92 Å². The monoisotopic (exact) mass is 283 g/mol. The molecule has 0 saturated carbocycles. The van der Waals surface area contributed by atoms with Gasteiger partial charge in [0.2, 0.25) is 0 Å². The summed E-state index contributed by atoms with van der Waals surface area (Å²) in [7, 11) is 0. The number of H-pyrrole nitrogens is 1. The van der Waals surface area contributed by atoms with Gasteiger partial charge < -0.3 is 5.32 Å². The molecular formula is C15H17N5O. The second-order valence-corrected chi connectivity index (χ2v) is 5.14. The Morgan fingerprint density at radius 1 is 1.24 bits per heavy atom. The van der Waals surface area contributed by atoms with Crippen molar-refractivity contribution in [2.45, 2.75) is 27.3 Å². The highest BCUT2D eigenvalue weighted by Gasteiger charge is 2.07. The molecule has 0 amide bonds. The highest BCUT2D eigenvalue weighted by atomic mass is 16.1. The van der Waals surface area contributed by atoms with Crippen LogP contribution in [0.3, 0.4) is 0 Å². The first-order chi connectivity index (χ1) is 10.0. The van der Waals surface area contributed by atoms with Crippen LogP contribution < -0.4 is 10.9 Å². The quantitative estimate of drug-likeness (QED) is 0.770. The molecule has 0 aliphatic heterocycles. The van der Waals surface area contributed by atoms with Gasteiger partial charge in [-0.15, -0.1) is 0 Å². The van der Waals surface area contributed by atoms with Crippen molar-refractivity contribution in [1.29, 1.82) is 0 Å². The lowest BCUT2D eigenvalue weighted by molar-refractivity contribution is 0.852. The lowest BCUT2D eigenvalue weighted by Gasteiger charge is -2.09. The topological polar surface area (TPSA) is 75.1 Å². The summed E-state index contributed by atoms with van der Waals surface area (Å²) in [6.07, 6.45) is 0. The molecule has 21 heavy (non-hydrogen) atoms. The Bertz CT molecular complexity index is 862. The normalized spacial score (nSPS) is 11.0. The molecule has 1 aromatic carbocycles. The van der Waals surface area contributed by atoms with Crippen LogP contribution in [0, 0.1) is 20.8 Å². The summed E-state index contributed by atoms with van der Waals surface area (Å²) in [5.41, 5.74) is 4.02. The van der Waals surface area contributed by atoms with Gasteiger partial charge in [0.25, 0.3) is 11.3 Å². The summed E-state index contributed by atoms with van der Waals surface area (Å²) in [6, 6.07) is 7.60. The fourth-order valence-corrected chi connectivity index (χ4v) is 2.24. The summed E-state index contributed by atoms with van der Waals surface area (Å²) in [5.74, 6) is 1.07. The van der Waals surface area contributed by atoms with E-state index in [9.17, 15) is 4.79 Å². The maximum atomic E-state index is 11.8. The maximum Gasteiger partial charge on any atom is 0.274 e. The SMILES string of the molecule is Cc1cc(=O)n2[nH]c(CNc3cccc(C)c3C)nc2n1. The van der Waals surface area contributed by atoms with Crippen molar-refractivity contribution in [2.75, 3.05) is 5.32 Å². The molecule has 0 unspecified atom stereocenters. The maximum absolute atomic E-state index is 11.8. The number of aromatic nitrogens is 4. The van der Waals surface area contributed by atoms with Gasteiger partial charge in [-0.25, -0.2) is 4.98 Å². The fraction of sp³-hybridized carbons (Fsp3) is 0.267. The van der Waals surface area contributed by atoms with Crippen LogP contribution in [-0.4, -0.2) is 19.6 Å². The second-order valence-electron chi connectivity index (χ2n) is 5.14. The average Bonchev–Trinajstić information content (AvgIpc) is 2.83. The van der Waals surface area contributed by atoms with Gasteiger partial charge in [-0.3, -0.25) is 9.89 Å². The average molecular weight is 283 g/mol. The first-order valence-electron chi connectivity index (χ1n) is 6.80. The minimum atomic E-state index is -0.150. The number of rotatable bonds is 3. The lowest BCUT2D eigenvalue weighted by Crippen LogP contribution is -2.14. The zero-order valence-electron chi connectivity index (χ0n) is 12.3. The molecule has 0 aliphatic carbocycles. The van der Waals surface area contributed by atoms with Crippen LogP contribution in [0.15, 0.2) is 29.1 Å². The third kappa shape index (κ3) is 2.52. The Morgan fingerprint density at radius 3 is 2.86 bits per heavy atom. The minimum absolute atomic E-state index is 0.150. The summed E-state index contributed by atoms with van der Waals surface area (Å²) in [4.78, 5) is 20.4. The van der Waals surface area contributed by atoms with Crippen molar-refractivity contribution in [3.05, 3.63) is 57.3 Å². The first kappa shape index (κ1) is 13.4. The molecule has 2 heterocycles. The smallest absolute Gasteiger partial charge is 0.274 e. The number of fused-ring (bicyclic) bond motifs is 1. The van der Waals surface area contributed by atoms with Gasteiger partial charge in [0.05, 0.1) is 6.54 Å². The van der Waals surface area contributed by atoms with E-state index in [-0.39, 0.29) is 5.56 Å². The molecular weight excluding hydrogens is 266 g/mol. The Kier molecular flexibility index (Phi) is 3.21. The predicted molar refractivity (Wildman–Crippen MR) is 81.6 cm³/mol. The number of nitrogens with zero attached hydrogens (tertiary/aromatic N) is 3. The lowest BCUT2D eigenvalue weighted by atomic mass is 10.1. The van der Waals surface area contributed by atoms with Crippen molar-refractivity contribution in [3.63, 3.8) is 0 Å². The standard InChI is InChI=1S/C15H17N5O/c1-9-5-4-6-12(11(9)3)16-8-13-18-15-17-10(2)7-14(21)20(15)19-13/h4-7,16H,8H2,1-3H3,(H,17,18,19). The van der Waals surface area contributed by atoms with Crippen LogP contribution in [0.5, 0.6) is 0 Å². The highest BCUT2D eigenvalue weighted by molar-refractivity contribution is 5.53. The zero-order valence-corrected chi connectivity index (χ0v) is 12.3. The Morgan fingerprint density at radius 2 is 2.05 bits per heavy atom. The fourth-order valence-electron chi connectivity index (χ4n) is 2.24. The molecule has 108 valence electrons. The molecule has 0 aliphatic rings. The first-order valence-corrected chi connectivity index (χ1v) is 6.80. The largest absolute Gasteiger partial charge is 0.378 e. The predicted octanol–water partition coefficient (Wildman–Crippen LogP) is 1.95. The van der Waals surface area contributed by atoms with Gasteiger partial charge in [0.1, 0.15) is 5.82 Å². The van der Waals surface area contributed by atoms with Gasteiger partial charge in [0, 0.05) is 17.4 Å². The number of aryl methyl sites for hydroxylation is 2. The van der Waals surface area contributed by atoms with E-state index >= 15 is 0 Å². The molecule has 0 radical (unpaired) electrons. The van der Waals surface area contributed by atoms with E-state index < -0.39 is 0 Å². The molecule has 0 saturated heterocycles. The number of benzene rings is 1. The molecule has 0 fully saturated rings. The number of nitrogens with one attached hydrogen (secondary N) is 2. The Hall–Kier alpha value is -2.63. The van der Waals surface area contributed by atoms with Gasteiger partial charge in [-0.2, -0.15) is 9.50 Å². The van der Waals surface area contributed by atoms with E-state index in [2.05, 4.69) is 40.3 Å². The zero-order chi connectivity index (χ0) is 15.0. The summed E-state index contributed by atoms with van der Waals surface area (Å²) < 4.78 is 1.35. The number of hydrogen-bond donors (Lipinski definition) is 2. The van der Waals surface area contributed by atoms with E-state index in [1.807, 2.05) is 12.1 Å². The third-order valence-electron chi connectivity index (χ3n) is 3.56. The number of aromatic amines is 1. The van der Waals surface area contributed by atoms with Crippen LogP contribution >= 0.6 is 0 Å². The Labute approximate surface area is 121 Å². The summed E-state index contributed by atoms with van der Waals surface area (Å²) >= 11 is 0. The minimum Gasteiger partial charge on any atom is -0.378 e. The van der Waals surface area contributed by atoms with Crippen LogP contribution in [0.2, 0.25) is 0 Å². The van der Waals surface area contributed by atoms with Crippen LogP contribution in [0.1, 0.15) is 22.6 Å². The van der Waals surface area contributed by atoms with E-state index in [4.69, 9.17) is 0 Å². The molecule has 2 N–H and O–H groups in total. The second kappa shape index (κ2) is 5.05. The van der Waals surface area contributed by atoms with Crippen molar-refractivity contribution >= 4 is 11.5 Å². The van der Waals surface area contributed by atoms with Crippen LogP contribution in [-0.2, 0) is 6.54 Å². The highest BCUT2D eigenvalue weighted by Crippen LogP contribution is 2.18.